The van der Waals surface area contributed by atoms with E-state index >= 15 is 0 Å². The van der Waals surface area contributed by atoms with Gasteiger partial charge in [0, 0.05) is 42.8 Å². The number of ether oxygens (including phenoxy) is 1. The molecule has 0 saturated carbocycles. The van der Waals surface area contributed by atoms with Crippen molar-refractivity contribution >= 4 is 22.6 Å². The highest BCUT2D eigenvalue weighted by atomic mass is 16.5. The largest absolute Gasteiger partial charge is 0.466 e. The first kappa shape index (κ1) is 13.9. The second-order valence-electron chi connectivity index (χ2n) is 5.25. The van der Waals surface area contributed by atoms with Crippen molar-refractivity contribution in [2.45, 2.75) is 13.3 Å². The molecule has 1 aromatic carbocycles. The third-order valence-corrected chi connectivity index (χ3v) is 3.73. The van der Waals surface area contributed by atoms with E-state index in [2.05, 4.69) is 10.1 Å². The van der Waals surface area contributed by atoms with Crippen LogP contribution in [0.5, 0.6) is 0 Å². The summed E-state index contributed by atoms with van der Waals surface area (Å²) in [6, 6.07) is 5.83. The number of aliphatic hydroxyl groups is 1. The summed E-state index contributed by atoms with van der Waals surface area (Å²) < 4.78 is 10.2. The second-order valence-corrected chi connectivity index (χ2v) is 5.25. The molecule has 0 atom stereocenters. The summed E-state index contributed by atoms with van der Waals surface area (Å²) >= 11 is 0. The summed E-state index contributed by atoms with van der Waals surface area (Å²) in [6.45, 7) is 4.07. The molecular weight excluding hydrogens is 272 g/mol. The van der Waals surface area contributed by atoms with E-state index in [0.717, 1.165) is 24.2 Å². The third kappa shape index (κ3) is 2.71. The molecule has 1 aliphatic rings. The highest BCUT2D eigenvalue weighted by Gasteiger charge is 2.26. The summed E-state index contributed by atoms with van der Waals surface area (Å²) in [5.41, 5.74) is 2.32. The van der Waals surface area contributed by atoms with E-state index in [0.29, 0.717) is 23.8 Å². The minimum Gasteiger partial charge on any atom is -0.466 e. The molecule has 0 radical (unpaired) electrons. The van der Waals surface area contributed by atoms with Crippen molar-refractivity contribution in [3.8, 4) is 0 Å². The number of fused-ring (bicyclic) bond motifs is 1. The number of carbonyl (C=O) groups excluding carboxylic acids is 1. The maximum absolute atomic E-state index is 11.5. The molecule has 0 amide bonds. The number of esters is 1. The van der Waals surface area contributed by atoms with Gasteiger partial charge in [-0.3, -0.25) is 4.79 Å². The lowest BCUT2D eigenvalue weighted by Crippen LogP contribution is -2.48. The monoisotopic (exact) mass is 290 g/mol. The molecule has 6 nitrogen and oxygen atoms in total. The van der Waals surface area contributed by atoms with Crippen molar-refractivity contribution in [1.29, 1.82) is 0 Å². The Bertz CT molecular complexity index is 646. The number of rotatable bonds is 5. The molecule has 112 valence electrons. The Balaban J connectivity index is 1.76. The zero-order valence-corrected chi connectivity index (χ0v) is 11.9. The zero-order valence-electron chi connectivity index (χ0n) is 11.9. The van der Waals surface area contributed by atoms with Crippen molar-refractivity contribution in [3.05, 3.63) is 23.9 Å². The van der Waals surface area contributed by atoms with E-state index in [1.807, 2.05) is 18.2 Å². The first-order valence-electron chi connectivity index (χ1n) is 7.11. The molecule has 2 aromatic rings. The van der Waals surface area contributed by atoms with Crippen molar-refractivity contribution < 1.29 is 19.2 Å². The summed E-state index contributed by atoms with van der Waals surface area (Å²) in [5, 5.41) is 13.9. The predicted molar refractivity (Wildman–Crippen MR) is 77.1 cm³/mol. The maximum Gasteiger partial charge on any atom is 0.312 e. The standard InChI is InChI=1S/C15H18N2O4/c1-2-20-15(19)6-13-12-4-3-11(5-14(12)21-16-13)17-7-10(8-17)9-18/h3-5,10,18H,2,6-9H2,1H3. The van der Waals surface area contributed by atoms with Gasteiger partial charge in [0.2, 0.25) is 0 Å². The number of nitrogens with zero attached hydrogens (tertiary/aromatic N) is 2. The van der Waals surface area contributed by atoms with Gasteiger partial charge in [0.1, 0.15) is 5.69 Å². The summed E-state index contributed by atoms with van der Waals surface area (Å²) in [4.78, 5) is 13.7. The Morgan fingerprint density at radius 2 is 2.33 bits per heavy atom. The van der Waals surface area contributed by atoms with Crippen LogP contribution in [0, 0.1) is 5.92 Å². The van der Waals surface area contributed by atoms with Crippen LogP contribution in [-0.4, -0.2) is 42.5 Å². The molecule has 1 fully saturated rings. The molecule has 0 spiro atoms. The van der Waals surface area contributed by atoms with Crippen LogP contribution in [-0.2, 0) is 16.0 Å². The molecule has 1 aromatic heterocycles. The molecule has 0 bridgehead atoms. The van der Waals surface area contributed by atoms with Gasteiger partial charge >= 0.3 is 5.97 Å². The Morgan fingerprint density at radius 3 is 3.05 bits per heavy atom. The Morgan fingerprint density at radius 1 is 1.52 bits per heavy atom. The topological polar surface area (TPSA) is 75.8 Å². The van der Waals surface area contributed by atoms with Gasteiger partial charge in [-0.1, -0.05) is 5.16 Å². The number of aromatic nitrogens is 1. The Hall–Kier alpha value is -2.08. The van der Waals surface area contributed by atoms with Gasteiger partial charge in [0.25, 0.3) is 0 Å². The first-order valence-corrected chi connectivity index (χ1v) is 7.11. The third-order valence-electron chi connectivity index (χ3n) is 3.73. The fourth-order valence-electron chi connectivity index (χ4n) is 2.55. The van der Waals surface area contributed by atoms with Gasteiger partial charge in [0.05, 0.1) is 13.0 Å². The highest BCUT2D eigenvalue weighted by molar-refractivity contribution is 5.86. The summed E-state index contributed by atoms with van der Waals surface area (Å²) in [7, 11) is 0. The maximum atomic E-state index is 11.5. The number of benzene rings is 1. The Kier molecular flexibility index (Phi) is 3.79. The SMILES string of the molecule is CCOC(=O)Cc1noc2cc(N3CC(CO)C3)ccc12. The molecule has 21 heavy (non-hydrogen) atoms. The van der Waals surface area contributed by atoms with Crippen LogP contribution in [0.3, 0.4) is 0 Å². The number of hydrogen-bond donors (Lipinski definition) is 1. The number of anilines is 1. The van der Waals surface area contributed by atoms with E-state index < -0.39 is 0 Å². The fourth-order valence-corrected chi connectivity index (χ4v) is 2.55. The van der Waals surface area contributed by atoms with Gasteiger partial charge in [-0.15, -0.1) is 0 Å². The zero-order chi connectivity index (χ0) is 14.8. The fraction of sp³-hybridized carbons (Fsp3) is 0.467. The van der Waals surface area contributed by atoms with E-state index in [4.69, 9.17) is 14.4 Å². The van der Waals surface area contributed by atoms with Crippen LogP contribution < -0.4 is 4.90 Å². The van der Waals surface area contributed by atoms with Crippen LogP contribution >= 0.6 is 0 Å². The molecule has 1 N–H and O–H groups in total. The number of aliphatic hydroxyl groups excluding tert-OH is 1. The second kappa shape index (κ2) is 5.73. The van der Waals surface area contributed by atoms with Crippen molar-refractivity contribution in [2.24, 2.45) is 5.92 Å². The van der Waals surface area contributed by atoms with Crippen LogP contribution in [0.4, 0.5) is 5.69 Å². The Labute approximate surface area is 122 Å². The molecule has 6 heteroatoms. The van der Waals surface area contributed by atoms with E-state index in [-0.39, 0.29) is 19.0 Å². The predicted octanol–water partition coefficient (Wildman–Crippen LogP) is 1.36. The summed E-state index contributed by atoms with van der Waals surface area (Å²) in [6.07, 6.45) is 0.122. The van der Waals surface area contributed by atoms with Gasteiger partial charge in [-0.25, -0.2) is 0 Å². The van der Waals surface area contributed by atoms with Gasteiger partial charge < -0.3 is 19.3 Å². The highest BCUT2D eigenvalue weighted by Crippen LogP contribution is 2.29. The molecular formula is C15H18N2O4. The smallest absolute Gasteiger partial charge is 0.312 e. The lowest BCUT2D eigenvalue weighted by atomic mass is 10.00. The molecule has 3 rings (SSSR count). The van der Waals surface area contributed by atoms with Crippen LogP contribution in [0.2, 0.25) is 0 Å². The first-order chi connectivity index (χ1) is 10.2. The van der Waals surface area contributed by atoms with Gasteiger partial charge in [-0.05, 0) is 19.1 Å². The van der Waals surface area contributed by atoms with Gasteiger partial charge in [-0.2, -0.15) is 0 Å². The quantitative estimate of drug-likeness (QED) is 0.838. The van der Waals surface area contributed by atoms with E-state index in [1.165, 1.54) is 0 Å². The van der Waals surface area contributed by atoms with Crippen molar-refractivity contribution in [2.75, 3.05) is 31.2 Å². The number of carbonyl (C=O) groups is 1. The average Bonchev–Trinajstić information content (AvgIpc) is 2.80. The molecule has 1 saturated heterocycles. The minimum absolute atomic E-state index is 0.122. The summed E-state index contributed by atoms with van der Waals surface area (Å²) in [5.74, 6) is 0.0557. The molecule has 0 unspecified atom stereocenters. The van der Waals surface area contributed by atoms with Crippen molar-refractivity contribution in [1.82, 2.24) is 5.16 Å². The lowest BCUT2D eigenvalue weighted by Gasteiger charge is -2.40. The van der Waals surface area contributed by atoms with Crippen molar-refractivity contribution in [3.63, 3.8) is 0 Å². The van der Waals surface area contributed by atoms with E-state index in [9.17, 15) is 4.79 Å². The van der Waals surface area contributed by atoms with Gasteiger partial charge in [0.15, 0.2) is 5.58 Å². The lowest BCUT2D eigenvalue weighted by molar-refractivity contribution is -0.142. The minimum atomic E-state index is -0.301. The average molecular weight is 290 g/mol. The van der Waals surface area contributed by atoms with E-state index in [1.54, 1.807) is 6.92 Å². The molecule has 2 heterocycles. The van der Waals surface area contributed by atoms with Crippen LogP contribution in [0.1, 0.15) is 12.6 Å². The normalized spacial score (nSPS) is 15.2. The number of hydrogen-bond acceptors (Lipinski definition) is 6. The molecule has 1 aliphatic heterocycles. The van der Waals surface area contributed by atoms with Crippen LogP contribution in [0.15, 0.2) is 22.7 Å². The van der Waals surface area contributed by atoms with Crippen LogP contribution in [0.25, 0.3) is 11.0 Å². The molecule has 0 aliphatic carbocycles.